The van der Waals surface area contributed by atoms with Crippen molar-refractivity contribution in [1.29, 1.82) is 5.26 Å². The molecule has 0 amide bonds. The van der Waals surface area contributed by atoms with Crippen LogP contribution in [-0.4, -0.2) is 16.7 Å². The van der Waals surface area contributed by atoms with Gasteiger partial charge in [0.25, 0.3) is 0 Å². The average molecular weight is 480 g/mol. The maximum absolute atomic E-state index is 14.3. The topological polar surface area (TPSA) is 70.3 Å². The zero-order valence-electron chi connectivity index (χ0n) is 22.7. The molecule has 1 aromatic carbocycles. The second kappa shape index (κ2) is 9.13. The highest BCUT2D eigenvalue weighted by molar-refractivity contribution is 5.77. The number of carbonyl (C=O) groups is 1. The Morgan fingerprint density at radius 1 is 1.00 bits per heavy atom. The zero-order chi connectivity index (χ0) is 25.6. The fourth-order valence-corrected chi connectivity index (χ4v) is 8.40. The van der Waals surface area contributed by atoms with Crippen molar-refractivity contribution in [2.45, 2.75) is 110 Å². The van der Waals surface area contributed by atoms with Gasteiger partial charge in [0.1, 0.15) is 11.4 Å². The molecule has 4 aliphatic rings. The van der Waals surface area contributed by atoms with Crippen LogP contribution in [-0.2, 0) is 14.9 Å². The number of rotatable bonds is 9. The monoisotopic (exact) mass is 479 g/mol. The molecule has 35 heavy (non-hydrogen) atoms. The molecule has 5 rings (SSSR count). The quantitative estimate of drug-likeness (QED) is 0.371. The molecule has 1 aromatic rings. The molecule has 0 aromatic heterocycles. The average Bonchev–Trinajstić information content (AvgIpc) is 2.80. The van der Waals surface area contributed by atoms with Gasteiger partial charge < -0.3 is 9.84 Å². The Balaban J connectivity index is 1.66. The van der Waals surface area contributed by atoms with Crippen molar-refractivity contribution in [3.05, 3.63) is 29.8 Å². The van der Waals surface area contributed by atoms with Crippen molar-refractivity contribution >= 4 is 5.97 Å². The van der Waals surface area contributed by atoms with E-state index in [1.54, 1.807) is 12.1 Å². The van der Waals surface area contributed by atoms with Crippen molar-refractivity contribution in [3.8, 4) is 11.8 Å². The van der Waals surface area contributed by atoms with Gasteiger partial charge >= 0.3 is 5.97 Å². The Morgan fingerprint density at radius 2 is 1.54 bits per heavy atom. The molecule has 4 aliphatic carbocycles. The number of ether oxygens (including phenoxy) is 1. The molecular formula is C31H45NO3. The SMILES string of the molecule is CCC(C)(C#N)CC(C)(CC(C)(C)c1ccc(O)cc1)C(=O)OC1(CC)C2CC3CC(C2)CC1C3. The fourth-order valence-electron chi connectivity index (χ4n) is 8.40. The van der Waals surface area contributed by atoms with Gasteiger partial charge in [-0.2, -0.15) is 5.26 Å². The van der Waals surface area contributed by atoms with E-state index < -0.39 is 10.8 Å². The Labute approximate surface area is 212 Å². The van der Waals surface area contributed by atoms with Crippen LogP contribution in [0, 0.1) is 45.8 Å². The maximum Gasteiger partial charge on any atom is 0.312 e. The normalized spacial score (nSPS) is 32.9. The molecule has 0 saturated heterocycles. The number of hydrogen-bond acceptors (Lipinski definition) is 4. The van der Waals surface area contributed by atoms with Gasteiger partial charge in [-0.25, -0.2) is 0 Å². The molecule has 1 N–H and O–H groups in total. The first-order valence-corrected chi connectivity index (χ1v) is 13.8. The summed E-state index contributed by atoms with van der Waals surface area (Å²) in [6.45, 7) is 12.6. The molecule has 4 heteroatoms. The van der Waals surface area contributed by atoms with E-state index in [1.165, 1.54) is 32.1 Å². The van der Waals surface area contributed by atoms with Gasteiger partial charge in [0.15, 0.2) is 0 Å². The minimum atomic E-state index is -0.793. The first-order chi connectivity index (χ1) is 16.4. The molecule has 4 bridgehead atoms. The number of phenols is 1. The number of nitriles is 1. The van der Waals surface area contributed by atoms with Crippen LogP contribution in [0.2, 0.25) is 0 Å². The lowest BCUT2D eigenvalue weighted by atomic mass is 9.49. The highest BCUT2D eigenvalue weighted by Gasteiger charge is 2.60. The van der Waals surface area contributed by atoms with Crippen molar-refractivity contribution in [2.75, 3.05) is 0 Å². The number of carbonyl (C=O) groups excluding carboxylic acids is 1. The molecule has 2 atom stereocenters. The van der Waals surface area contributed by atoms with Crippen LogP contribution < -0.4 is 0 Å². The molecule has 0 aliphatic heterocycles. The summed E-state index contributed by atoms with van der Waals surface area (Å²) >= 11 is 0. The second-order valence-corrected chi connectivity index (χ2v) is 13.4. The lowest BCUT2D eigenvalue weighted by molar-refractivity contribution is -0.221. The lowest BCUT2D eigenvalue weighted by Gasteiger charge is -2.60. The second-order valence-electron chi connectivity index (χ2n) is 13.4. The van der Waals surface area contributed by atoms with E-state index in [9.17, 15) is 15.2 Å². The third kappa shape index (κ3) is 4.73. The van der Waals surface area contributed by atoms with E-state index in [0.29, 0.717) is 31.1 Å². The van der Waals surface area contributed by atoms with E-state index in [0.717, 1.165) is 23.8 Å². The molecule has 0 radical (unpaired) electrons. The predicted octanol–water partition coefficient (Wildman–Crippen LogP) is 7.54. The number of phenolic OH excluding ortho intramolecular Hbond substituents is 1. The van der Waals surface area contributed by atoms with E-state index in [1.807, 2.05) is 32.9 Å². The minimum Gasteiger partial charge on any atom is -0.508 e. The summed E-state index contributed by atoms with van der Waals surface area (Å²) in [5.74, 6) is 2.72. The molecule has 4 nitrogen and oxygen atoms in total. The van der Waals surface area contributed by atoms with Crippen LogP contribution in [0.25, 0.3) is 0 Å². The predicted molar refractivity (Wildman–Crippen MR) is 139 cm³/mol. The number of benzene rings is 1. The van der Waals surface area contributed by atoms with Crippen molar-refractivity contribution < 1.29 is 14.6 Å². The number of aromatic hydroxyl groups is 1. The Kier molecular flexibility index (Phi) is 6.80. The molecule has 0 heterocycles. The van der Waals surface area contributed by atoms with E-state index >= 15 is 0 Å². The van der Waals surface area contributed by atoms with Crippen LogP contribution in [0.1, 0.15) is 105 Å². The summed E-state index contributed by atoms with van der Waals surface area (Å²) in [6, 6.07) is 9.80. The van der Waals surface area contributed by atoms with E-state index in [2.05, 4.69) is 26.8 Å². The van der Waals surface area contributed by atoms with Gasteiger partial charge in [0.2, 0.25) is 0 Å². The van der Waals surface area contributed by atoms with Crippen molar-refractivity contribution in [1.82, 2.24) is 0 Å². The summed E-state index contributed by atoms with van der Waals surface area (Å²) in [5.41, 5.74) is -0.982. The van der Waals surface area contributed by atoms with Crippen LogP contribution in [0.3, 0.4) is 0 Å². The standard InChI is InChI=1S/C31H45NO3/c1-7-29(5,20-32)19-30(6,18-28(3,4)23-9-11-26(33)12-10-23)27(34)35-31(8-2)24-14-21-13-22(16-24)17-25(31)15-21/h9-12,21-22,24-25,33H,7-8,13-19H2,1-6H3. The Hall–Kier alpha value is -2.02. The summed E-state index contributed by atoms with van der Waals surface area (Å²) < 4.78 is 6.78. The fraction of sp³-hybridized carbons (Fsp3) is 0.742. The van der Waals surface area contributed by atoms with Crippen LogP contribution in [0.4, 0.5) is 0 Å². The highest BCUT2D eigenvalue weighted by atomic mass is 16.6. The van der Waals surface area contributed by atoms with Gasteiger partial charge in [0.05, 0.1) is 16.9 Å². The molecule has 192 valence electrons. The minimum absolute atomic E-state index is 0.117. The number of esters is 1. The van der Waals surface area contributed by atoms with Gasteiger partial charge in [-0.1, -0.05) is 39.8 Å². The van der Waals surface area contributed by atoms with Crippen LogP contribution in [0.15, 0.2) is 24.3 Å². The smallest absolute Gasteiger partial charge is 0.312 e. The Bertz CT molecular complexity index is 946. The zero-order valence-corrected chi connectivity index (χ0v) is 22.7. The van der Waals surface area contributed by atoms with Crippen molar-refractivity contribution in [3.63, 3.8) is 0 Å². The summed E-state index contributed by atoms with van der Waals surface area (Å²) in [5, 5.41) is 19.8. The largest absolute Gasteiger partial charge is 0.508 e. The summed E-state index contributed by atoms with van der Waals surface area (Å²) in [6.07, 6.45) is 8.83. The van der Waals surface area contributed by atoms with E-state index in [4.69, 9.17) is 4.74 Å². The molecule has 2 unspecified atom stereocenters. The third-order valence-electron chi connectivity index (χ3n) is 10.2. The molecule has 4 fully saturated rings. The first-order valence-electron chi connectivity index (χ1n) is 13.8. The van der Waals surface area contributed by atoms with Crippen LogP contribution >= 0.6 is 0 Å². The van der Waals surface area contributed by atoms with Gasteiger partial charge in [-0.05, 0) is 118 Å². The number of nitrogens with zero attached hydrogens (tertiary/aromatic N) is 1. The molecule has 4 saturated carbocycles. The van der Waals surface area contributed by atoms with Gasteiger partial charge in [-0.15, -0.1) is 0 Å². The van der Waals surface area contributed by atoms with Gasteiger partial charge in [0, 0.05) is 0 Å². The van der Waals surface area contributed by atoms with Gasteiger partial charge in [-0.3, -0.25) is 4.79 Å². The highest BCUT2D eigenvalue weighted by Crippen LogP contribution is 2.61. The molecule has 0 spiro atoms. The third-order valence-corrected chi connectivity index (χ3v) is 10.2. The lowest BCUT2D eigenvalue weighted by Crippen LogP contribution is -2.60. The van der Waals surface area contributed by atoms with Crippen LogP contribution in [0.5, 0.6) is 5.75 Å². The van der Waals surface area contributed by atoms with E-state index in [-0.39, 0.29) is 22.7 Å². The summed E-state index contributed by atoms with van der Waals surface area (Å²) in [4.78, 5) is 14.3. The summed E-state index contributed by atoms with van der Waals surface area (Å²) in [7, 11) is 0. The maximum atomic E-state index is 14.3. The first kappa shape index (κ1) is 26.1. The molecular weight excluding hydrogens is 434 g/mol. The van der Waals surface area contributed by atoms with Crippen molar-refractivity contribution in [2.24, 2.45) is 34.5 Å². The Morgan fingerprint density at radius 3 is 2.00 bits per heavy atom. The number of hydrogen-bond donors (Lipinski definition) is 1.